The van der Waals surface area contributed by atoms with Crippen molar-refractivity contribution in [3.63, 3.8) is 0 Å². The normalized spacial score (nSPS) is 12.5. The second-order valence-corrected chi connectivity index (χ2v) is 7.22. The Morgan fingerprint density at radius 1 is 1.19 bits per heavy atom. The van der Waals surface area contributed by atoms with Crippen LogP contribution < -0.4 is 10.1 Å². The van der Waals surface area contributed by atoms with Crippen molar-refractivity contribution in [3.05, 3.63) is 63.2 Å². The molecule has 26 heavy (non-hydrogen) atoms. The number of hydrogen-bond acceptors (Lipinski definition) is 5. The molecular weight excluding hydrogens is 350 g/mol. The molecule has 0 fully saturated rings. The van der Waals surface area contributed by atoms with Gasteiger partial charge in [-0.1, -0.05) is 12.1 Å². The van der Waals surface area contributed by atoms with Crippen molar-refractivity contribution in [1.82, 2.24) is 0 Å². The Hall–Kier alpha value is -2.86. The second kappa shape index (κ2) is 7.17. The molecule has 5 nitrogen and oxygen atoms in total. The Kier molecular flexibility index (Phi) is 4.95. The molecule has 0 bridgehead atoms. The van der Waals surface area contributed by atoms with E-state index in [1.165, 1.54) is 24.7 Å². The number of benzene rings is 1. The average molecular weight is 369 g/mol. The van der Waals surface area contributed by atoms with E-state index < -0.39 is 5.97 Å². The number of hydrogen-bond donors (Lipinski definition) is 1. The molecule has 2 aromatic rings. The Bertz CT molecular complexity index is 953. The van der Waals surface area contributed by atoms with Gasteiger partial charge >= 0.3 is 5.97 Å². The quantitative estimate of drug-likeness (QED) is 0.815. The van der Waals surface area contributed by atoms with Crippen LogP contribution >= 0.6 is 11.3 Å². The van der Waals surface area contributed by atoms with Gasteiger partial charge in [0.25, 0.3) is 5.91 Å². The lowest BCUT2D eigenvalue weighted by atomic mass is 10.1. The Morgan fingerprint density at radius 3 is 2.69 bits per heavy atom. The molecule has 1 aliphatic rings. The molecule has 6 heteroatoms. The minimum atomic E-state index is -0.461. The van der Waals surface area contributed by atoms with E-state index in [0.717, 1.165) is 21.6 Å². The van der Waals surface area contributed by atoms with E-state index in [0.29, 0.717) is 21.9 Å². The van der Waals surface area contributed by atoms with Crippen molar-refractivity contribution < 1.29 is 19.1 Å². The highest BCUT2D eigenvalue weighted by Gasteiger charge is 2.22. The van der Waals surface area contributed by atoms with Crippen LogP contribution in [0.15, 0.2) is 36.1 Å². The van der Waals surface area contributed by atoms with E-state index in [1.54, 1.807) is 12.2 Å². The number of carbonyl (C=O) groups excluding carboxylic acids is 2. The van der Waals surface area contributed by atoms with Crippen LogP contribution in [0.2, 0.25) is 0 Å². The van der Waals surface area contributed by atoms with Gasteiger partial charge < -0.3 is 14.8 Å². The van der Waals surface area contributed by atoms with Crippen LogP contribution in [0.25, 0.3) is 6.08 Å². The van der Waals surface area contributed by atoms with Gasteiger partial charge in [-0.25, -0.2) is 4.79 Å². The second-order valence-electron chi connectivity index (χ2n) is 5.99. The van der Waals surface area contributed by atoms with Gasteiger partial charge in [0.15, 0.2) is 0 Å². The van der Waals surface area contributed by atoms with Gasteiger partial charge in [-0.3, -0.25) is 4.79 Å². The van der Waals surface area contributed by atoms with Gasteiger partial charge in [-0.05, 0) is 50.1 Å². The van der Waals surface area contributed by atoms with Crippen molar-refractivity contribution >= 4 is 34.3 Å². The summed E-state index contributed by atoms with van der Waals surface area (Å²) in [6, 6.07) is 5.78. The molecular formula is C20H19NO4S. The van der Waals surface area contributed by atoms with Crippen LogP contribution in [0.3, 0.4) is 0 Å². The highest BCUT2D eigenvalue weighted by molar-refractivity contribution is 7.16. The number of amides is 1. The SMILES string of the molecule is COC(=O)c1c(NC(=O)C2=Cc3ccc(C)cc3OC=C2)sc(C)c1C. The van der Waals surface area contributed by atoms with E-state index in [4.69, 9.17) is 9.47 Å². The van der Waals surface area contributed by atoms with Gasteiger partial charge in [0, 0.05) is 16.0 Å². The maximum atomic E-state index is 12.7. The highest BCUT2D eigenvalue weighted by atomic mass is 32.1. The molecule has 0 saturated heterocycles. The molecule has 2 heterocycles. The fraction of sp³-hybridized carbons (Fsp3) is 0.200. The number of thiophene rings is 1. The van der Waals surface area contributed by atoms with Crippen molar-refractivity contribution in [2.75, 3.05) is 12.4 Å². The summed E-state index contributed by atoms with van der Waals surface area (Å²) in [5, 5.41) is 3.32. The molecule has 1 N–H and O–H groups in total. The van der Waals surface area contributed by atoms with Crippen LogP contribution in [0, 0.1) is 20.8 Å². The molecule has 0 atom stereocenters. The number of nitrogens with one attached hydrogen (secondary N) is 1. The zero-order valence-electron chi connectivity index (χ0n) is 15.0. The molecule has 0 spiro atoms. The predicted octanol–water partition coefficient (Wildman–Crippen LogP) is 4.39. The third kappa shape index (κ3) is 3.41. The van der Waals surface area contributed by atoms with E-state index in [1.807, 2.05) is 39.0 Å². The number of anilines is 1. The van der Waals surface area contributed by atoms with Gasteiger partial charge in [-0.15, -0.1) is 11.3 Å². The van der Waals surface area contributed by atoms with E-state index in [9.17, 15) is 9.59 Å². The van der Waals surface area contributed by atoms with Crippen LogP contribution in [-0.4, -0.2) is 19.0 Å². The van der Waals surface area contributed by atoms with E-state index >= 15 is 0 Å². The number of ether oxygens (including phenoxy) is 2. The Labute approximate surface area is 155 Å². The first kappa shape index (κ1) is 17.9. The summed E-state index contributed by atoms with van der Waals surface area (Å²) >= 11 is 1.35. The zero-order valence-corrected chi connectivity index (χ0v) is 15.8. The van der Waals surface area contributed by atoms with Crippen LogP contribution in [0.5, 0.6) is 5.75 Å². The highest BCUT2D eigenvalue weighted by Crippen LogP contribution is 2.34. The monoisotopic (exact) mass is 369 g/mol. The summed E-state index contributed by atoms with van der Waals surface area (Å²) in [6.45, 7) is 5.72. The van der Waals surface area contributed by atoms with Crippen LogP contribution in [0.4, 0.5) is 5.00 Å². The molecule has 3 rings (SSSR count). The molecule has 0 radical (unpaired) electrons. The Balaban J connectivity index is 1.93. The topological polar surface area (TPSA) is 64.6 Å². The van der Waals surface area contributed by atoms with Gasteiger partial charge in [0.05, 0.1) is 18.9 Å². The third-order valence-corrected chi connectivity index (χ3v) is 5.31. The first-order valence-corrected chi connectivity index (χ1v) is 8.87. The summed E-state index contributed by atoms with van der Waals surface area (Å²) in [6.07, 6.45) is 4.86. The molecule has 1 aliphatic heterocycles. The van der Waals surface area contributed by atoms with Crippen molar-refractivity contribution in [2.45, 2.75) is 20.8 Å². The number of rotatable bonds is 3. The fourth-order valence-corrected chi connectivity index (χ4v) is 3.68. The smallest absolute Gasteiger partial charge is 0.341 e. The lowest BCUT2D eigenvalue weighted by Gasteiger charge is -2.07. The number of esters is 1. The predicted molar refractivity (Wildman–Crippen MR) is 103 cm³/mol. The number of fused-ring (bicyclic) bond motifs is 1. The van der Waals surface area contributed by atoms with Gasteiger partial charge in [-0.2, -0.15) is 0 Å². The minimum Gasteiger partial charge on any atom is -0.465 e. The lowest BCUT2D eigenvalue weighted by Crippen LogP contribution is -2.15. The fourth-order valence-electron chi connectivity index (χ4n) is 2.64. The maximum Gasteiger partial charge on any atom is 0.341 e. The summed E-state index contributed by atoms with van der Waals surface area (Å²) in [4.78, 5) is 25.8. The number of carbonyl (C=O) groups is 2. The summed E-state index contributed by atoms with van der Waals surface area (Å²) in [7, 11) is 1.33. The van der Waals surface area contributed by atoms with E-state index in [-0.39, 0.29) is 5.91 Å². The molecule has 0 unspecified atom stereocenters. The van der Waals surface area contributed by atoms with Crippen molar-refractivity contribution in [1.29, 1.82) is 0 Å². The molecule has 134 valence electrons. The van der Waals surface area contributed by atoms with Crippen molar-refractivity contribution in [3.8, 4) is 5.75 Å². The third-order valence-electron chi connectivity index (χ3n) is 4.19. The first-order chi connectivity index (χ1) is 12.4. The summed E-state index contributed by atoms with van der Waals surface area (Å²) in [5.41, 5.74) is 3.54. The first-order valence-electron chi connectivity index (χ1n) is 8.06. The summed E-state index contributed by atoms with van der Waals surface area (Å²) < 4.78 is 10.4. The van der Waals surface area contributed by atoms with E-state index in [2.05, 4.69) is 5.32 Å². The van der Waals surface area contributed by atoms with Gasteiger partial charge in [0.2, 0.25) is 0 Å². The average Bonchev–Trinajstić information content (AvgIpc) is 2.78. The van der Waals surface area contributed by atoms with Crippen molar-refractivity contribution in [2.24, 2.45) is 0 Å². The van der Waals surface area contributed by atoms with Gasteiger partial charge in [0.1, 0.15) is 10.8 Å². The summed E-state index contributed by atoms with van der Waals surface area (Å²) in [5.74, 6) is -0.0801. The van der Waals surface area contributed by atoms with Crippen LogP contribution in [-0.2, 0) is 9.53 Å². The molecule has 0 aliphatic carbocycles. The number of methoxy groups -OCH3 is 1. The molecule has 1 aromatic carbocycles. The maximum absolute atomic E-state index is 12.7. The number of aryl methyl sites for hydroxylation is 2. The zero-order chi connectivity index (χ0) is 18.8. The minimum absolute atomic E-state index is 0.315. The standard InChI is InChI=1S/C20H19NO4S/c1-11-5-6-14-10-15(7-8-25-16(14)9-11)18(22)21-19-17(20(23)24-4)12(2)13(3)26-19/h5-10H,1-4H3,(H,21,22). The van der Waals surface area contributed by atoms with Crippen LogP contribution in [0.1, 0.15) is 31.9 Å². The molecule has 1 aromatic heterocycles. The molecule has 0 saturated carbocycles. The Morgan fingerprint density at radius 2 is 1.96 bits per heavy atom. The molecule has 1 amide bonds. The lowest BCUT2D eigenvalue weighted by molar-refractivity contribution is -0.112. The largest absolute Gasteiger partial charge is 0.465 e.